The number of rotatable bonds is 6. The predicted octanol–water partition coefficient (Wildman–Crippen LogP) is 5.41. The van der Waals surface area contributed by atoms with Crippen LogP contribution in [0.15, 0.2) is 47.8 Å². The molecule has 0 spiro atoms. The van der Waals surface area contributed by atoms with Gasteiger partial charge in [-0.25, -0.2) is 0 Å². The maximum absolute atomic E-state index is 12.9. The number of piperazine rings is 1. The SMILES string of the molecule is CCN1CCN([C@@H](c2ccccc2)c2c(NC(=O)c3cccs3)sc(C)c2C)CC1. The lowest BCUT2D eigenvalue weighted by atomic mass is 9.94. The Bertz CT molecular complexity index is 974. The van der Waals surface area contributed by atoms with Gasteiger partial charge in [0.05, 0.1) is 10.9 Å². The van der Waals surface area contributed by atoms with Crippen LogP contribution in [-0.4, -0.2) is 48.4 Å². The van der Waals surface area contributed by atoms with Crippen LogP contribution in [0.1, 0.15) is 44.2 Å². The Morgan fingerprint density at radius 2 is 1.80 bits per heavy atom. The second-order valence-corrected chi connectivity index (χ2v) is 9.91. The summed E-state index contributed by atoms with van der Waals surface area (Å²) in [5, 5.41) is 6.16. The first-order chi connectivity index (χ1) is 14.6. The lowest BCUT2D eigenvalue weighted by Crippen LogP contribution is -2.47. The molecule has 0 aliphatic carbocycles. The van der Waals surface area contributed by atoms with Gasteiger partial charge < -0.3 is 10.2 Å². The Hall–Kier alpha value is -1.99. The molecule has 1 amide bonds. The summed E-state index contributed by atoms with van der Waals surface area (Å²) in [4.78, 5) is 19.9. The van der Waals surface area contributed by atoms with Gasteiger partial charge in [0.25, 0.3) is 5.91 Å². The third-order valence-electron chi connectivity index (χ3n) is 6.01. The molecule has 0 radical (unpaired) electrons. The van der Waals surface area contributed by atoms with Crippen molar-refractivity contribution in [3.63, 3.8) is 0 Å². The first-order valence-electron chi connectivity index (χ1n) is 10.5. The number of carbonyl (C=O) groups is 1. The zero-order chi connectivity index (χ0) is 21.1. The fraction of sp³-hybridized carbons (Fsp3) is 0.375. The Balaban J connectivity index is 1.72. The van der Waals surface area contributed by atoms with Gasteiger partial charge in [0.15, 0.2) is 0 Å². The molecule has 1 fully saturated rings. The number of nitrogens with zero attached hydrogens (tertiary/aromatic N) is 2. The molecule has 4 rings (SSSR count). The quantitative estimate of drug-likeness (QED) is 0.558. The number of carbonyl (C=O) groups excluding carboxylic acids is 1. The van der Waals surface area contributed by atoms with Crippen LogP contribution in [0.5, 0.6) is 0 Å². The molecule has 0 unspecified atom stereocenters. The third-order valence-corrected chi connectivity index (χ3v) is 8.02. The molecular formula is C24H29N3OS2. The maximum atomic E-state index is 12.9. The number of anilines is 1. The molecule has 1 aliphatic heterocycles. The fourth-order valence-corrected chi connectivity index (χ4v) is 5.88. The normalized spacial score (nSPS) is 16.5. The molecule has 30 heavy (non-hydrogen) atoms. The van der Waals surface area contributed by atoms with E-state index < -0.39 is 0 Å². The second kappa shape index (κ2) is 9.43. The smallest absolute Gasteiger partial charge is 0.266 e. The zero-order valence-electron chi connectivity index (χ0n) is 17.9. The molecule has 1 aromatic carbocycles. The van der Waals surface area contributed by atoms with Crippen LogP contribution in [-0.2, 0) is 0 Å². The zero-order valence-corrected chi connectivity index (χ0v) is 19.5. The highest BCUT2D eigenvalue weighted by Gasteiger charge is 2.31. The van der Waals surface area contributed by atoms with Crippen LogP contribution in [0.25, 0.3) is 0 Å². The molecule has 1 aliphatic rings. The number of likely N-dealkylation sites (N-methyl/N-ethyl adjacent to an activating group) is 1. The van der Waals surface area contributed by atoms with Gasteiger partial charge in [0.1, 0.15) is 5.00 Å². The lowest BCUT2D eigenvalue weighted by molar-refractivity contribution is 0.102. The molecule has 1 atom stereocenters. The summed E-state index contributed by atoms with van der Waals surface area (Å²) in [5.74, 6) is -0.0184. The Morgan fingerprint density at radius 1 is 1.07 bits per heavy atom. The maximum Gasteiger partial charge on any atom is 0.266 e. The molecule has 3 heterocycles. The monoisotopic (exact) mass is 439 g/mol. The summed E-state index contributed by atoms with van der Waals surface area (Å²) < 4.78 is 0. The van der Waals surface area contributed by atoms with Crippen molar-refractivity contribution in [2.75, 3.05) is 38.0 Å². The number of thiophene rings is 2. The first-order valence-corrected chi connectivity index (χ1v) is 12.2. The van der Waals surface area contributed by atoms with Crippen LogP contribution in [0, 0.1) is 13.8 Å². The first kappa shape index (κ1) is 21.2. The minimum Gasteiger partial charge on any atom is -0.313 e. The van der Waals surface area contributed by atoms with Crippen molar-refractivity contribution in [2.24, 2.45) is 0 Å². The molecule has 3 aromatic rings. The van der Waals surface area contributed by atoms with Crippen molar-refractivity contribution < 1.29 is 4.79 Å². The molecule has 0 bridgehead atoms. The molecule has 2 aromatic heterocycles. The largest absolute Gasteiger partial charge is 0.313 e. The summed E-state index contributed by atoms with van der Waals surface area (Å²) in [5.41, 5.74) is 3.82. The number of benzene rings is 1. The van der Waals surface area contributed by atoms with Gasteiger partial charge in [-0.2, -0.15) is 0 Å². The van der Waals surface area contributed by atoms with Crippen molar-refractivity contribution in [3.8, 4) is 0 Å². The third kappa shape index (κ3) is 4.37. The lowest BCUT2D eigenvalue weighted by Gasteiger charge is -2.39. The standard InChI is InChI=1S/C24H29N3OS2/c1-4-26-12-14-27(15-13-26)22(19-9-6-5-7-10-19)21-17(2)18(3)30-24(21)25-23(28)20-11-8-16-29-20/h5-11,16,22H,4,12-15H2,1-3H3,(H,25,28)/t22-/m0/s1. The van der Waals surface area contributed by atoms with E-state index in [1.165, 1.54) is 32.9 Å². The highest BCUT2D eigenvalue weighted by atomic mass is 32.1. The van der Waals surface area contributed by atoms with Crippen LogP contribution in [0.2, 0.25) is 0 Å². The topological polar surface area (TPSA) is 35.6 Å². The van der Waals surface area contributed by atoms with Crippen molar-refractivity contribution in [1.82, 2.24) is 9.80 Å². The summed E-state index contributed by atoms with van der Waals surface area (Å²) >= 11 is 3.17. The average molecular weight is 440 g/mol. The number of hydrogen-bond acceptors (Lipinski definition) is 5. The molecule has 1 saturated heterocycles. The van der Waals surface area contributed by atoms with Gasteiger partial charge in [-0.3, -0.25) is 9.69 Å². The van der Waals surface area contributed by atoms with Crippen molar-refractivity contribution in [1.29, 1.82) is 0 Å². The van der Waals surface area contributed by atoms with E-state index in [4.69, 9.17) is 0 Å². The molecule has 1 N–H and O–H groups in total. The molecule has 0 saturated carbocycles. The van der Waals surface area contributed by atoms with E-state index in [9.17, 15) is 4.79 Å². The molecule has 6 heteroatoms. The summed E-state index contributed by atoms with van der Waals surface area (Å²) in [6.45, 7) is 11.9. The van der Waals surface area contributed by atoms with Gasteiger partial charge in [-0.15, -0.1) is 22.7 Å². The fourth-order valence-electron chi connectivity index (χ4n) is 4.17. The minimum atomic E-state index is -0.0184. The van der Waals surface area contributed by atoms with Gasteiger partial charge >= 0.3 is 0 Å². The van der Waals surface area contributed by atoms with Crippen molar-refractivity contribution in [2.45, 2.75) is 26.8 Å². The second-order valence-electron chi connectivity index (χ2n) is 7.74. The molecule has 158 valence electrons. The van der Waals surface area contributed by atoms with Gasteiger partial charge in [-0.05, 0) is 43.0 Å². The van der Waals surface area contributed by atoms with Gasteiger partial charge in [0, 0.05) is 36.6 Å². The van der Waals surface area contributed by atoms with E-state index in [1.807, 2.05) is 17.5 Å². The molecular weight excluding hydrogens is 410 g/mol. The number of amides is 1. The van der Waals surface area contributed by atoms with E-state index in [2.05, 4.69) is 66.2 Å². The predicted molar refractivity (Wildman–Crippen MR) is 128 cm³/mol. The minimum absolute atomic E-state index is 0.0184. The van der Waals surface area contributed by atoms with E-state index in [1.54, 1.807) is 11.3 Å². The summed E-state index contributed by atoms with van der Waals surface area (Å²) in [6, 6.07) is 14.7. The number of aryl methyl sites for hydroxylation is 1. The van der Waals surface area contributed by atoms with Crippen LogP contribution < -0.4 is 5.32 Å². The average Bonchev–Trinajstić information content (AvgIpc) is 3.40. The Labute approximate surface area is 187 Å². The number of hydrogen-bond donors (Lipinski definition) is 1. The van der Waals surface area contributed by atoms with E-state index in [0.29, 0.717) is 0 Å². The summed E-state index contributed by atoms with van der Waals surface area (Å²) in [7, 11) is 0. The van der Waals surface area contributed by atoms with Gasteiger partial charge in [0.2, 0.25) is 0 Å². The van der Waals surface area contributed by atoms with Crippen molar-refractivity contribution in [3.05, 3.63) is 74.3 Å². The van der Waals surface area contributed by atoms with E-state index in [0.717, 1.165) is 42.6 Å². The van der Waals surface area contributed by atoms with E-state index >= 15 is 0 Å². The summed E-state index contributed by atoms with van der Waals surface area (Å²) in [6.07, 6.45) is 0. The number of nitrogens with one attached hydrogen (secondary N) is 1. The van der Waals surface area contributed by atoms with Gasteiger partial charge in [-0.1, -0.05) is 43.3 Å². The van der Waals surface area contributed by atoms with Crippen molar-refractivity contribution >= 4 is 33.6 Å². The molecule has 4 nitrogen and oxygen atoms in total. The highest BCUT2D eigenvalue weighted by Crippen LogP contribution is 2.42. The highest BCUT2D eigenvalue weighted by molar-refractivity contribution is 7.17. The van der Waals surface area contributed by atoms with Crippen LogP contribution >= 0.6 is 22.7 Å². The van der Waals surface area contributed by atoms with Crippen LogP contribution in [0.3, 0.4) is 0 Å². The Morgan fingerprint density at radius 3 is 2.43 bits per heavy atom. The Kier molecular flexibility index (Phi) is 6.68. The van der Waals surface area contributed by atoms with Crippen LogP contribution in [0.4, 0.5) is 5.00 Å². The van der Waals surface area contributed by atoms with E-state index in [-0.39, 0.29) is 11.9 Å².